The Labute approximate surface area is 78.7 Å². The van der Waals surface area contributed by atoms with Gasteiger partial charge in [-0.1, -0.05) is 0 Å². The lowest BCUT2D eigenvalue weighted by atomic mass is 9.49. The minimum atomic E-state index is -1.58. The predicted molar refractivity (Wildman–Crippen MR) is 49.9 cm³/mol. The molecule has 1 rings (SSSR count). The lowest BCUT2D eigenvalue weighted by Crippen LogP contribution is -2.51. The van der Waals surface area contributed by atoms with Crippen LogP contribution in [0.1, 0.15) is 13.8 Å². The SMILES string of the molecule is CC1CNCC(C)OB(B(O)O)O1. The largest absolute Gasteiger partial charge is 0.488 e. The monoisotopic (exact) mass is 187 g/mol. The Morgan fingerprint density at radius 2 is 1.69 bits per heavy atom. The summed E-state index contributed by atoms with van der Waals surface area (Å²) in [5, 5.41) is 21.0. The molecule has 13 heavy (non-hydrogen) atoms. The maximum absolute atomic E-state index is 8.91. The predicted octanol–water partition coefficient (Wildman–Crippen LogP) is -1.56. The molecule has 0 aromatic heterocycles. The molecule has 0 radical (unpaired) electrons. The van der Waals surface area contributed by atoms with Crippen LogP contribution in [-0.4, -0.2) is 49.4 Å². The topological polar surface area (TPSA) is 71.0 Å². The standard InChI is InChI=1S/C6H15B2NO4/c1-5-3-9-4-6(2)13-8(12-5)7(10)11/h5-6,9-11H,3-4H2,1-2H3. The first kappa shape index (κ1) is 11.0. The molecule has 0 amide bonds. The molecular weight excluding hydrogens is 172 g/mol. The van der Waals surface area contributed by atoms with E-state index < -0.39 is 14.0 Å². The van der Waals surface area contributed by atoms with E-state index >= 15 is 0 Å². The third-order valence-electron chi connectivity index (χ3n) is 1.84. The van der Waals surface area contributed by atoms with Crippen molar-refractivity contribution in [2.45, 2.75) is 26.1 Å². The van der Waals surface area contributed by atoms with Gasteiger partial charge >= 0.3 is 14.0 Å². The summed E-state index contributed by atoms with van der Waals surface area (Å²) in [6, 6.07) is 0. The highest BCUT2D eigenvalue weighted by atomic mass is 16.6. The third kappa shape index (κ3) is 3.66. The Morgan fingerprint density at radius 3 is 2.08 bits per heavy atom. The summed E-state index contributed by atoms with van der Waals surface area (Å²) in [6.45, 7) is 5.08. The molecule has 2 atom stereocenters. The highest BCUT2D eigenvalue weighted by Gasteiger charge is 2.37. The van der Waals surface area contributed by atoms with Gasteiger partial charge in [0.1, 0.15) is 0 Å². The first-order chi connectivity index (χ1) is 6.09. The van der Waals surface area contributed by atoms with E-state index in [0.29, 0.717) is 13.1 Å². The minimum Gasteiger partial charge on any atom is -0.429 e. The van der Waals surface area contributed by atoms with E-state index in [9.17, 15) is 0 Å². The molecule has 0 saturated carbocycles. The van der Waals surface area contributed by atoms with Crippen molar-refractivity contribution in [3.8, 4) is 0 Å². The summed E-state index contributed by atoms with van der Waals surface area (Å²) >= 11 is 0. The summed E-state index contributed by atoms with van der Waals surface area (Å²) in [6.07, 6.45) is -0.168. The Morgan fingerprint density at radius 1 is 1.23 bits per heavy atom. The Bertz CT molecular complexity index is 148. The average molecular weight is 187 g/mol. The first-order valence-electron chi connectivity index (χ1n) is 4.47. The maximum atomic E-state index is 8.91. The zero-order valence-corrected chi connectivity index (χ0v) is 7.93. The van der Waals surface area contributed by atoms with E-state index in [-0.39, 0.29) is 12.2 Å². The smallest absolute Gasteiger partial charge is 0.429 e. The van der Waals surface area contributed by atoms with Crippen LogP contribution in [-0.2, 0) is 9.31 Å². The lowest BCUT2D eigenvalue weighted by Gasteiger charge is -2.27. The third-order valence-corrected chi connectivity index (χ3v) is 1.84. The molecule has 3 N–H and O–H groups in total. The van der Waals surface area contributed by atoms with Crippen LogP contribution in [0.5, 0.6) is 0 Å². The van der Waals surface area contributed by atoms with Crippen LogP contribution in [0.25, 0.3) is 0 Å². The Hall–Kier alpha value is -0.0701. The molecule has 0 bridgehead atoms. The van der Waals surface area contributed by atoms with Crippen LogP contribution in [0.15, 0.2) is 0 Å². The highest BCUT2D eigenvalue weighted by molar-refractivity contribution is 7.09. The number of nitrogens with one attached hydrogen (secondary N) is 1. The Balaban J connectivity index is 2.48. The fourth-order valence-electron chi connectivity index (χ4n) is 1.22. The summed E-state index contributed by atoms with van der Waals surface area (Å²) in [7, 11) is -2.52. The molecule has 1 aliphatic heterocycles. The molecular formula is C6H15B2NO4. The van der Waals surface area contributed by atoms with Gasteiger partial charge in [-0.05, 0) is 13.8 Å². The van der Waals surface area contributed by atoms with Crippen LogP contribution in [0, 0.1) is 0 Å². The molecule has 5 nitrogen and oxygen atoms in total. The molecule has 74 valence electrons. The van der Waals surface area contributed by atoms with E-state index in [4.69, 9.17) is 19.4 Å². The van der Waals surface area contributed by atoms with Gasteiger partial charge in [0, 0.05) is 13.1 Å². The quantitative estimate of drug-likeness (QED) is 0.433. The second-order valence-corrected chi connectivity index (χ2v) is 3.33. The van der Waals surface area contributed by atoms with Crippen molar-refractivity contribution in [2.24, 2.45) is 0 Å². The van der Waals surface area contributed by atoms with Gasteiger partial charge in [0.2, 0.25) is 0 Å². The van der Waals surface area contributed by atoms with Gasteiger partial charge in [-0.15, -0.1) is 0 Å². The van der Waals surface area contributed by atoms with E-state index in [1.165, 1.54) is 0 Å². The molecule has 1 aliphatic rings. The maximum Gasteiger partial charge on any atom is 0.488 e. The number of rotatable bonds is 1. The van der Waals surface area contributed by atoms with Gasteiger partial charge in [-0.2, -0.15) is 0 Å². The molecule has 0 aromatic carbocycles. The van der Waals surface area contributed by atoms with Gasteiger partial charge < -0.3 is 24.7 Å². The van der Waals surface area contributed by atoms with E-state index in [2.05, 4.69) is 5.32 Å². The molecule has 0 aliphatic carbocycles. The normalized spacial score (nSPS) is 30.9. The van der Waals surface area contributed by atoms with Crippen molar-refractivity contribution in [3.63, 3.8) is 0 Å². The van der Waals surface area contributed by atoms with Crippen LogP contribution < -0.4 is 5.32 Å². The van der Waals surface area contributed by atoms with Gasteiger partial charge in [0.05, 0.1) is 12.2 Å². The Kier molecular flexibility index (Phi) is 4.21. The van der Waals surface area contributed by atoms with E-state index in [1.54, 1.807) is 0 Å². The molecule has 1 heterocycles. The van der Waals surface area contributed by atoms with Crippen molar-refractivity contribution >= 4 is 14.0 Å². The molecule has 7 heteroatoms. The number of hydrogen-bond acceptors (Lipinski definition) is 5. The minimum absolute atomic E-state index is 0.0840. The lowest BCUT2D eigenvalue weighted by molar-refractivity contribution is 0.0964. The second-order valence-electron chi connectivity index (χ2n) is 3.33. The molecule has 1 saturated heterocycles. The van der Waals surface area contributed by atoms with Gasteiger partial charge in [0.15, 0.2) is 0 Å². The zero-order valence-electron chi connectivity index (χ0n) is 7.93. The van der Waals surface area contributed by atoms with Crippen molar-refractivity contribution < 1.29 is 19.4 Å². The first-order valence-corrected chi connectivity index (χ1v) is 4.47. The fraction of sp³-hybridized carbons (Fsp3) is 1.00. The number of hydrogen-bond donors (Lipinski definition) is 3. The average Bonchev–Trinajstić information content (AvgIpc) is 1.99. The summed E-state index contributed by atoms with van der Waals surface area (Å²) < 4.78 is 10.5. The van der Waals surface area contributed by atoms with Gasteiger partial charge in [-0.3, -0.25) is 0 Å². The molecule has 0 spiro atoms. The van der Waals surface area contributed by atoms with E-state index in [0.717, 1.165) is 0 Å². The van der Waals surface area contributed by atoms with Crippen LogP contribution in [0.3, 0.4) is 0 Å². The van der Waals surface area contributed by atoms with Gasteiger partial charge in [0.25, 0.3) is 0 Å². The molecule has 0 aromatic rings. The van der Waals surface area contributed by atoms with Crippen LogP contribution >= 0.6 is 0 Å². The fourth-order valence-corrected chi connectivity index (χ4v) is 1.22. The van der Waals surface area contributed by atoms with Crippen molar-refractivity contribution in [3.05, 3.63) is 0 Å². The van der Waals surface area contributed by atoms with Crippen LogP contribution in [0.2, 0.25) is 0 Å². The van der Waals surface area contributed by atoms with Crippen LogP contribution in [0.4, 0.5) is 0 Å². The summed E-state index contributed by atoms with van der Waals surface area (Å²) in [5.41, 5.74) is 0. The molecule has 1 fully saturated rings. The van der Waals surface area contributed by atoms with Crippen molar-refractivity contribution in [1.29, 1.82) is 0 Å². The van der Waals surface area contributed by atoms with E-state index in [1.807, 2.05) is 13.8 Å². The van der Waals surface area contributed by atoms with Gasteiger partial charge in [-0.25, -0.2) is 0 Å². The summed E-state index contributed by atoms with van der Waals surface area (Å²) in [5.74, 6) is 0. The highest BCUT2D eigenvalue weighted by Crippen LogP contribution is 2.04. The van der Waals surface area contributed by atoms with Crippen molar-refractivity contribution in [2.75, 3.05) is 13.1 Å². The second kappa shape index (κ2) is 4.97. The zero-order chi connectivity index (χ0) is 9.84. The summed E-state index contributed by atoms with van der Waals surface area (Å²) in [4.78, 5) is 0. The molecule has 2 unspecified atom stereocenters. The van der Waals surface area contributed by atoms with Crippen molar-refractivity contribution in [1.82, 2.24) is 5.32 Å².